The van der Waals surface area contributed by atoms with Crippen molar-refractivity contribution < 1.29 is 0 Å². The van der Waals surface area contributed by atoms with E-state index >= 15 is 0 Å². The maximum absolute atomic E-state index is 4.20. The molecule has 1 aromatic rings. The van der Waals surface area contributed by atoms with Crippen LogP contribution in [0.15, 0.2) is 30.0 Å². The van der Waals surface area contributed by atoms with E-state index in [1.807, 2.05) is 25.4 Å². The van der Waals surface area contributed by atoms with Gasteiger partial charge in [0, 0.05) is 39.1 Å². The molecule has 0 fully saturated rings. The molecule has 5 heteroatoms. The first-order valence-electron chi connectivity index (χ1n) is 6.31. The fraction of sp³-hybridized carbons (Fsp3) is 0.538. The molecular weight excluding hydrogens is 226 g/mol. The highest BCUT2D eigenvalue weighted by Gasteiger charge is 1.97. The Balaban J connectivity index is 2.11. The Morgan fingerprint density at radius 3 is 2.94 bits per heavy atom. The maximum atomic E-state index is 4.20. The molecule has 5 nitrogen and oxygen atoms in total. The number of aryl methyl sites for hydroxylation is 2. The molecule has 0 spiro atoms. The van der Waals surface area contributed by atoms with Crippen LogP contribution in [-0.4, -0.2) is 35.6 Å². The Labute approximate surface area is 109 Å². The molecule has 0 atom stereocenters. The summed E-state index contributed by atoms with van der Waals surface area (Å²) in [6, 6.07) is 0. The van der Waals surface area contributed by atoms with Gasteiger partial charge in [-0.25, -0.2) is 4.98 Å². The molecule has 1 rings (SSSR count). The fourth-order valence-electron chi connectivity index (χ4n) is 1.64. The zero-order valence-corrected chi connectivity index (χ0v) is 11.3. The molecule has 0 saturated heterocycles. The van der Waals surface area contributed by atoms with Crippen molar-refractivity contribution >= 4 is 5.96 Å². The zero-order valence-electron chi connectivity index (χ0n) is 11.3. The fourth-order valence-corrected chi connectivity index (χ4v) is 1.64. The van der Waals surface area contributed by atoms with Gasteiger partial charge >= 0.3 is 0 Å². The average Bonchev–Trinajstić information content (AvgIpc) is 2.78. The number of unbranched alkanes of at least 4 members (excludes halogenated alkanes) is 1. The summed E-state index contributed by atoms with van der Waals surface area (Å²) in [7, 11) is 1.77. The van der Waals surface area contributed by atoms with Crippen LogP contribution in [0, 0.1) is 6.92 Å². The predicted molar refractivity (Wildman–Crippen MR) is 75.8 cm³/mol. The van der Waals surface area contributed by atoms with E-state index in [9.17, 15) is 0 Å². The van der Waals surface area contributed by atoms with E-state index in [0.717, 1.165) is 44.3 Å². The van der Waals surface area contributed by atoms with Gasteiger partial charge in [-0.3, -0.25) is 4.99 Å². The van der Waals surface area contributed by atoms with Crippen molar-refractivity contribution in [2.75, 3.05) is 20.1 Å². The quantitative estimate of drug-likeness (QED) is 0.332. The number of hydrogen-bond acceptors (Lipinski definition) is 2. The number of rotatable bonds is 7. The van der Waals surface area contributed by atoms with Crippen molar-refractivity contribution in [3.63, 3.8) is 0 Å². The van der Waals surface area contributed by atoms with E-state index in [2.05, 4.69) is 31.8 Å². The molecule has 0 amide bonds. The lowest BCUT2D eigenvalue weighted by Crippen LogP contribution is -2.37. The van der Waals surface area contributed by atoms with Gasteiger partial charge in [0.2, 0.25) is 0 Å². The van der Waals surface area contributed by atoms with Gasteiger partial charge in [-0.05, 0) is 19.8 Å². The van der Waals surface area contributed by atoms with Gasteiger partial charge in [0.25, 0.3) is 0 Å². The molecule has 2 N–H and O–H groups in total. The van der Waals surface area contributed by atoms with E-state index in [0.29, 0.717) is 0 Å². The third-order valence-corrected chi connectivity index (χ3v) is 2.68. The Hall–Kier alpha value is -1.78. The van der Waals surface area contributed by atoms with Gasteiger partial charge in [-0.1, -0.05) is 6.08 Å². The average molecular weight is 249 g/mol. The number of aromatic nitrogens is 2. The minimum Gasteiger partial charge on any atom is -0.356 e. The monoisotopic (exact) mass is 249 g/mol. The summed E-state index contributed by atoms with van der Waals surface area (Å²) in [4.78, 5) is 8.32. The summed E-state index contributed by atoms with van der Waals surface area (Å²) in [5, 5.41) is 6.40. The summed E-state index contributed by atoms with van der Waals surface area (Å²) in [6.07, 6.45) is 7.91. The highest BCUT2D eigenvalue weighted by atomic mass is 15.2. The molecule has 100 valence electrons. The Bertz CT molecular complexity index is 380. The molecule has 0 bridgehead atoms. The zero-order chi connectivity index (χ0) is 13.2. The van der Waals surface area contributed by atoms with Crippen molar-refractivity contribution in [2.45, 2.75) is 26.3 Å². The lowest BCUT2D eigenvalue weighted by molar-refractivity contribution is 0.589. The molecule has 1 heterocycles. The molecule has 0 aliphatic carbocycles. The topological polar surface area (TPSA) is 54.2 Å². The number of imidazole rings is 1. The normalized spacial score (nSPS) is 11.3. The van der Waals surface area contributed by atoms with E-state index in [-0.39, 0.29) is 0 Å². The smallest absolute Gasteiger partial charge is 0.191 e. The molecule has 1 aromatic heterocycles. The van der Waals surface area contributed by atoms with Crippen molar-refractivity contribution in [3.8, 4) is 0 Å². The molecule has 0 radical (unpaired) electrons. The molecule has 0 aliphatic heterocycles. The molecule has 0 aliphatic rings. The van der Waals surface area contributed by atoms with E-state index in [4.69, 9.17) is 0 Å². The van der Waals surface area contributed by atoms with E-state index in [1.54, 1.807) is 7.05 Å². The summed E-state index contributed by atoms with van der Waals surface area (Å²) in [6.45, 7) is 8.36. The second-order valence-corrected chi connectivity index (χ2v) is 4.04. The van der Waals surface area contributed by atoms with Gasteiger partial charge in [-0.15, -0.1) is 6.58 Å². The number of hydrogen-bond donors (Lipinski definition) is 2. The Morgan fingerprint density at radius 1 is 1.50 bits per heavy atom. The van der Waals surface area contributed by atoms with Crippen LogP contribution < -0.4 is 10.6 Å². The van der Waals surface area contributed by atoms with Crippen molar-refractivity contribution in [1.82, 2.24) is 20.2 Å². The molecule has 0 unspecified atom stereocenters. The lowest BCUT2D eigenvalue weighted by atomic mass is 10.3. The first kappa shape index (κ1) is 14.3. The minimum absolute atomic E-state index is 0.730. The molecular formula is C13H23N5. The van der Waals surface area contributed by atoms with Gasteiger partial charge < -0.3 is 15.2 Å². The summed E-state index contributed by atoms with van der Waals surface area (Å²) in [5.74, 6) is 1.90. The Morgan fingerprint density at radius 2 is 2.33 bits per heavy atom. The minimum atomic E-state index is 0.730. The SMILES string of the molecule is C=CCNC(=NC)NCCCCn1ccnc1C. The molecule has 0 saturated carbocycles. The van der Waals surface area contributed by atoms with Gasteiger partial charge in [0.1, 0.15) is 5.82 Å². The number of guanidine groups is 1. The van der Waals surface area contributed by atoms with Gasteiger partial charge in [0.15, 0.2) is 5.96 Å². The summed E-state index contributed by atoms with van der Waals surface area (Å²) >= 11 is 0. The first-order chi connectivity index (χ1) is 8.77. The van der Waals surface area contributed by atoms with Crippen molar-refractivity contribution in [1.29, 1.82) is 0 Å². The second kappa shape index (κ2) is 8.33. The van der Waals surface area contributed by atoms with Crippen LogP contribution in [0.2, 0.25) is 0 Å². The summed E-state index contributed by atoms with van der Waals surface area (Å²) < 4.78 is 2.17. The maximum Gasteiger partial charge on any atom is 0.191 e. The van der Waals surface area contributed by atoms with Crippen LogP contribution in [0.3, 0.4) is 0 Å². The van der Waals surface area contributed by atoms with Crippen LogP contribution in [0.25, 0.3) is 0 Å². The van der Waals surface area contributed by atoms with Crippen molar-refractivity contribution in [2.24, 2.45) is 4.99 Å². The van der Waals surface area contributed by atoms with Crippen LogP contribution in [0.5, 0.6) is 0 Å². The lowest BCUT2D eigenvalue weighted by Gasteiger charge is -2.10. The van der Waals surface area contributed by atoms with Crippen molar-refractivity contribution in [3.05, 3.63) is 30.9 Å². The predicted octanol–water partition coefficient (Wildman–Crippen LogP) is 1.32. The van der Waals surface area contributed by atoms with Crippen LogP contribution >= 0.6 is 0 Å². The van der Waals surface area contributed by atoms with Crippen LogP contribution in [0.4, 0.5) is 0 Å². The Kier molecular flexibility index (Phi) is 6.61. The highest BCUT2D eigenvalue weighted by molar-refractivity contribution is 5.79. The highest BCUT2D eigenvalue weighted by Crippen LogP contribution is 1.98. The van der Waals surface area contributed by atoms with Crippen LogP contribution in [0.1, 0.15) is 18.7 Å². The first-order valence-corrected chi connectivity index (χ1v) is 6.31. The largest absolute Gasteiger partial charge is 0.356 e. The van der Waals surface area contributed by atoms with Gasteiger partial charge in [0.05, 0.1) is 0 Å². The van der Waals surface area contributed by atoms with E-state index in [1.165, 1.54) is 0 Å². The van der Waals surface area contributed by atoms with Crippen LogP contribution in [-0.2, 0) is 6.54 Å². The summed E-state index contributed by atoms with van der Waals surface area (Å²) in [5.41, 5.74) is 0. The second-order valence-electron chi connectivity index (χ2n) is 4.04. The third-order valence-electron chi connectivity index (χ3n) is 2.68. The molecule has 18 heavy (non-hydrogen) atoms. The number of nitrogens with one attached hydrogen (secondary N) is 2. The third kappa shape index (κ3) is 5.03. The van der Waals surface area contributed by atoms with Gasteiger partial charge in [-0.2, -0.15) is 0 Å². The number of nitrogens with zero attached hydrogens (tertiary/aromatic N) is 3. The molecule has 0 aromatic carbocycles. The van der Waals surface area contributed by atoms with E-state index < -0.39 is 0 Å². The number of aliphatic imine (C=N–C) groups is 1. The standard InChI is InChI=1S/C13H23N5/c1-4-7-16-13(14-3)17-8-5-6-10-18-11-9-15-12(18)2/h4,9,11H,1,5-8,10H2,2-3H3,(H2,14,16,17).